The molecule has 0 spiro atoms. The summed E-state index contributed by atoms with van der Waals surface area (Å²) in [5, 5.41) is 14.5. The minimum absolute atomic E-state index is 1.21. The molecule has 1 heterocycles. The Morgan fingerprint density at radius 1 is 0.179 bits per heavy atom. The smallest absolute Gasteiger partial charge is 0.00489 e. The van der Waals surface area contributed by atoms with Gasteiger partial charge in [-0.2, -0.15) is 0 Å². The predicted octanol–water partition coefficient (Wildman–Crippen LogP) is 4.60. The zero-order valence-electron chi connectivity index (χ0n) is 19.0. The average molecular weight is 397 g/mol. The van der Waals surface area contributed by atoms with E-state index in [1.165, 1.54) is 155 Å². The Morgan fingerprint density at radius 3 is 0.464 bits per heavy atom. The predicted molar refractivity (Wildman–Crippen MR) is 125 cm³/mol. The molecule has 4 nitrogen and oxygen atoms in total. The Balaban J connectivity index is 2.00. The number of hydrogen-bond donors (Lipinski definition) is 4. The van der Waals surface area contributed by atoms with Gasteiger partial charge in [0.05, 0.1) is 0 Å². The van der Waals surface area contributed by atoms with Crippen molar-refractivity contribution in [3.8, 4) is 0 Å². The molecule has 0 atom stereocenters. The highest BCUT2D eigenvalue weighted by atomic mass is 14.9. The van der Waals surface area contributed by atoms with Crippen LogP contribution in [0.3, 0.4) is 0 Å². The number of hydrogen-bond acceptors (Lipinski definition) is 4. The van der Waals surface area contributed by atoms with Crippen LogP contribution in [0.2, 0.25) is 0 Å². The van der Waals surface area contributed by atoms with Crippen LogP contribution >= 0.6 is 0 Å². The molecule has 0 saturated carbocycles. The zero-order chi connectivity index (χ0) is 19.8. The van der Waals surface area contributed by atoms with Crippen LogP contribution in [-0.2, 0) is 0 Å². The van der Waals surface area contributed by atoms with E-state index in [-0.39, 0.29) is 0 Å². The van der Waals surface area contributed by atoms with Gasteiger partial charge < -0.3 is 21.3 Å². The Morgan fingerprint density at radius 2 is 0.321 bits per heavy atom. The molecule has 0 unspecified atom stereocenters. The molecule has 0 aromatic rings. The van der Waals surface area contributed by atoms with Gasteiger partial charge in [0.15, 0.2) is 0 Å². The van der Waals surface area contributed by atoms with Crippen LogP contribution in [0.15, 0.2) is 0 Å². The zero-order valence-corrected chi connectivity index (χ0v) is 19.0. The highest BCUT2D eigenvalue weighted by molar-refractivity contribution is 4.56. The fraction of sp³-hybridized carbons (Fsp3) is 1.00. The van der Waals surface area contributed by atoms with Crippen molar-refractivity contribution in [3.05, 3.63) is 0 Å². The molecule has 1 saturated heterocycles. The summed E-state index contributed by atoms with van der Waals surface area (Å²) in [4.78, 5) is 0. The van der Waals surface area contributed by atoms with Crippen molar-refractivity contribution in [2.75, 3.05) is 52.4 Å². The van der Waals surface area contributed by atoms with Gasteiger partial charge in [0.25, 0.3) is 0 Å². The summed E-state index contributed by atoms with van der Waals surface area (Å²) < 4.78 is 0. The first-order chi connectivity index (χ1) is 14.0. The van der Waals surface area contributed by atoms with E-state index in [9.17, 15) is 0 Å². The SMILES string of the molecule is C1CCCNCCCCCCNCCCCCCNCCCCCCNCC1. The topological polar surface area (TPSA) is 48.1 Å². The molecule has 4 heteroatoms. The summed E-state index contributed by atoms with van der Waals surface area (Å²) in [6.45, 7) is 9.70. The van der Waals surface area contributed by atoms with Crippen molar-refractivity contribution in [2.24, 2.45) is 0 Å². The van der Waals surface area contributed by atoms with Crippen LogP contribution in [0.4, 0.5) is 0 Å². The second-order valence-corrected chi connectivity index (χ2v) is 8.66. The monoisotopic (exact) mass is 396 g/mol. The number of rotatable bonds is 0. The van der Waals surface area contributed by atoms with Gasteiger partial charge >= 0.3 is 0 Å². The van der Waals surface area contributed by atoms with E-state index in [0.717, 1.165) is 0 Å². The van der Waals surface area contributed by atoms with Crippen LogP contribution in [0.5, 0.6) is 0 Å². The van der Waals surface area contributed by atoms with Gasteiger partial charge in [-0.15, -0.1) is 0 Å². The van der Waals surface area contributed by atoms with Crippen LogP contribution < -0.4 is 21.3 Å². The Hall–Kier alpha value is -0.160. The van der Waals surface area contributed by atoms with Gasteiger partial charge in [0.2, 0.25) is 0 Å². The van der Waals surface area contributed by atoms with Crippen molar-refractivity contribution in [2.45, 2.75) is 103 Å². The summed E-state index contributed by atoms with van der Waals surface area (Å²) in [6.07, 6.45) is 21.8. The lowest BCUT2D eigenvalue weighted by molar-refractivity contribution is 0.518. The van der Waals surface area contributed by atoms with E-state index >= 15 is 0 Å². The molecule has 0 amide bonds. The molecule has 0 aromatic carbocycles. The first-order valence-corrected chi connectivity index (χ1v) is 12.8. The lowest BCUT2D eigenvalue weighted by Crippen LogP contribution is -2.19. The second-order valence-electron chi connectivity index (χ2n) is 8.66. The lowest BCUT2D eigenvalue weighted by atomic mass is 10.1. The maximum Gasteiger partial charge on any atom is -0.00489 e. The van der Waals surface area contributed by atoms with Crippen LogP contribution in [0.25, 0.3) is 0 Å². The summed E-state index contributed by atoms with van der Waals surface area (Å²) in [7, 11) is 0. The van der Waals surface area contributed by atoms with Gasteiger partial charge in [0, 0.05) is 0 Å². The molecule has 4 N–H and O–H groups in total. The summed E-state index contributed by atoms with van der Waals surface area (Å²) in [5.74, 6) is 0. The Kier molecular flexibility index (Phi) is 21.4. The quantitative estimate of drug-likeness (QED) is 0.483. The Labute approximate surface area is 176 Å². The van der Waals surface area contributed by atoms with Crippen molar-refractivity contribution < 1.29 is 0 Å². The third-order valence-electron chi connectivity index (χ3n) is 5.83. The van der Waals surface area contributed by atoms with Gasteiger partial charge in [-0.3, -0.25) is 0 Å². The minimum atomic E-state index is 1.21. The van der Waals surface area contributed by atoms with Crippen molar-refractivity contribution in [1.29, 1.82) is 0 Å². The molecule has 1 aliphatic heterocycles. The first-order valence-electron chi connectivity index (χ1n) is 12.8. The summed E-state index contributed by atoms with van der Waals surface area (Å²) >= 11 is 0. The lowest BCUT2D eigenvalue weighted by Gasteiger charge is -2.08. The number of nitrogens with one attached hydrogen (secondary N) is 4. The molecule has 28 heavy (non-hydrogen) atoms. The minimum Gasteiger partial charge on any atom is -0.317 e. The van der Waals surface area contributed by atoms with Gasteiger partial charge in [-0.1, -0.05) is 51.4 Å². The summed E-state index contributed by atoms with van der Waals surface area (Å²) in [5.41, 5.74) is 0. The van der Waals surface area contributed by atoms with Crippen LogP contribution in [-0.4, -0.2) is 52.4 Å². The van der Waals surface area contributed by atoms with Crippen molar-refractivity contribution in [1.82, 2.24) is 21.3 Å². The standard InChI is InChI=1S/C24H52N4/c1-2-10-18-26-20-12-5-6-14-22-28-24-16-8-7-15-23-27-21-13-4-3-11-19-25-17-9-1/h25-28H,1-24H2. The normalized spacial score (nSPS) is 24.0. The summed E-state index contributed by atoms with van der Waals surface area (Å²) in [6, 6.07) is 0. The molecule has 168 valence electrons. The molecule has 0 aromatic heterocycles. The van der Waals surface area contributed by atoms with Gasteiger partial charge in [0.1, 0.15) is 0 Å². The maximum absolute atomic E-state index is 3.62. The van der Waals surface area contributed by atoms with E-state index < -0.39 is 0 Å². The molecule has 1 aliphatic rings. The second kappa shape index (κ2) is 23.1. The average Bonchev–Trinajstić information content (AvgIpc) is 2.71. The highest BCUT2D eigenvalue weighted by Gasteiger charge is 1.96. The van der Waals surface area contributed by atoms with Crippen LogP contribution in [0, 0.1) is 0 Å². The maximum atomic E-state index is 3.62. The molecule has 0 aliphatic carbocycles. The van der Waals surface area contributed by atoms with Crippen LogP contribution in [0.1, 0.15) is 103 Å². The van der Waals surface area contributed by atoms with Crippen molar-refractivity contribution >= 4 is 0 Å². The largest absolute Gasteiger partial charge is 0.317 e. The van der Waals surface area contributed by atoms with Gasteiger partial charge in [-0.05, 0) is 104 Å². The highest BCUT2D eigenvalue weighted by Crippen LogP contribution is 2.02. The van der Waals surface area contributed by atoms with E-state index in [2.05, 4.69) is 21.3 Å². The van der Waals surface area contributed by atoms with E-state index in [1.54, 1.807) is 0 Å². The fourth-order valence-electron chi connectivity index (χ4n) is 3.91. The van der Waals surface area contributed by atoms with E-state index in [1.807, 2.05) is 0 Å². The molecular formula is C24H52N4. The Bertz CT molecular complexity index is 151. The fourth-order valence-corrected chi connectivity index (χ4v) is 3.91. The molecular weight excluding hydrogens is 344 g/mol. The molecule has 0 radical (unpaired) electrons. The molecule has 1 rings (SSSR count). The van der Waals surface area contributed by atoms with Gasteiger partial charge in [-0.25, -0.2) is 0 Å². The van der Waals surface area contributed by atoms with E-state index in [4.69, 9.17) is 0 Å². The van der Waals surface area contributed by atoms with Crippen molar-refractivity contribution in [3.63, 3.8) is 0 Å². The third-order valence-corrected chi connectivity index (χ3v) is 5.83. The van der Waals surface area contributed by atoms with E-state index in [0.29, 0.717) is 0 Å². The molecule has 0 bridgehead atoms. The first kappa shape index (κ1) is 25.9. The third kappa shape index (κ3) is 20.6. The molecule has 1 fully saturated rings.